The Morgan fingerprint density at radius 2 is 2.06 bits per heavy atom. The Bertz CT molecular complexity index is 312. The summed E-state index contributed by atoms with van der Waals surface area (Å²) in [6.07, 6.45) is 4.80. The van der Waals surface area contributed by atoms with Gasteiger partial charge in [-0.15, -0.1) is 0 Å². The molecule has 1 fully saturated rings. The lowest BCUT2D eigenvalue weighted by Gasteiger charge is -2.35. The van der Waals surface area contributed by atoms with Crippen molar-refractivity contribution in [2.75, 3.05) is 0 Å². The second-order valence-corrected chi connectivity index (χ2v) is 6.43. The summed E-state index contributed by atoms with van der Waals surface area (Å²) in [6.45, 7) is 6.27. The zero-order chi connectivity index (χ0) is 13.8. The van der Waals surface area contributed by atoms with Gasteiger partial charge in [0, 0.05) is 18.9 Å². The van der Waals surface area contributed by atoms with Gasteiger partial charge in [0.05, 0.1) is 0 Å². The normalized spacial score (nSPS) is 24.3. The van der Waals surface area contributed by atoms with E-state index in [4.69, 9.17) is 5.11 Å². The van der Waals surface area contributed by atoms with Crippen LogP contribution in [0, 0.1) is 11.3 Å². The molecule has 1 saturated carbocycles. The van der Waals surface area contributed by atoms with Crippen LogP contribution in [0.4, 0.5) is 0 Å². The number of carbonyl (C=O) groups is 2. The Labute approximate surface area is 109 Å². The fraction of sp³-hybridized carbons (Fsp3) is 0.857. The van der Waals surface area contributed by atoms with Crippen LogP contribution in [0.15, 0.2) is 0 Å². The zero-order valence-electron chi connectivity index (χ0n) is 11.7. The summed E-state index contributed by atoms with van der Waals surface area (Å²) in [5, 5.41) is 11.7. The third-order valence-electron chi connectivity index (χ3n) is 3.63. The predicted molar refractivity (Wildman–Crippen MR) is 70.2 cm³/mol. The second-order valence-electron chi connectivity index (χ2n) is 6.43. The molecule has 0 aliphatic heterocycles. The molecule has 0 aromatic heterocycles. The number of hydrogen-bond acceptors (Lipinski definition) is 2. The standard InChI is InChI=1S/C14H25NO3/c1-10(8-13(17)18)7-12(16)15-11-5-4-6-14(2,3)9-11/h10-11H,4-9H2,1-3H3,(H,15,16)(H,17,18). The van der Waals surface area contributed by atoms with Crippen LogP contribution in [0.2, 0.25) is 0 Å². The minimum atomic E-state index is -0.839. The number of carbonyl (C=O) groups excluding carboxylic acids is 1. The van der Waals surface area contributed by atoms with Crippen molar-refractivity contribution in [2.45, 2.75) is 65.3 Å². The maximum Gasteiger partial charge on any atom is 0.303 e. The van der Waals surface area contributed by atoms with Crippen molar-refractivity contribution in [3.63, 3.8) is 0 Å². The van der Waals surface area contributed by atoms with Gasteiger partial charge in [-0.2, -0.15) is 0 Å². The van der Waals surface area contributed by atoms with E-state index in [1.807, 2.05) is 0 Å². The van der Waals surface area contributed by atoms with E-state index in [0.717, 1.165) is 19.3 Å². The number of nitrogens with one attached hydrogen (secondary N) is 1. The van der Waals surface area contributed by atoms with Crippen molar-refractivity contribution in [1.29, 1.82) is 0 Å². The maximum absolute atomic E-state index is 11.8. The number of hydrogen-bond donors (Lipinski definition) is 2. The number of amides is 1. The van der Waals surface area contributed by atoms with Gasteiger partial charge in [-0.25, -0.2) is 0 Å². The molecule has 1 amide bonds. The number of carboxylic acid groups (broad SMARTS) is 1. The van der Waals surface area contributed by atoms with Gasteiger partial charge in [0.2, 0.25) is 5.91 Å². The third kappa shape index (κ3) is 5.52. The fourth-order valence-corrected chi connectivity index (χ4v) is 2.79. The lowest BCUT2D eigenvalue weighted by molar-refractivity contribution is -0.138. The summed E-state index contributed by atoms with van der Waals surface area (Å²) in [7, 11) is 0. The summed E-state index contributed by atoms with van der Waals surface area (Å²) >= 11 is 0. The monoisotopic (exact) mass is 255 g/mol. The predicted octanol–water partition coefficient (Wildman–Crippen LogP) is 2.57. The van der Waals surface area contributed by atoms with Gasteiger partial charge < -0.3 is 10.4 Å². The first-order valence-electron chi connectivity index (χ1n) is 6.80. The topological polar surface area (TPSA) is 66.4 Å². The van der Waals surface area contributed by atoms with Gasteiger partial charge in [-0.1, -0.05) is 27.2 Å². The summed E-state index contributed by atoms with van der Waals surface area (Å²) in [5.74, 6) is -0.945. The molecular weight excluding hydrogens is 230 g/mol. The Hall–Kier alpha value is -1.06. The van der Waals surface area contributed by atoms with E-state index >= 15 is 0 Å². The van der Waals surface area contributed by atoms with E-state index in [1.54, 1.807) is 6.92 Å². The molecule has 1 aliphatic rings. The SMILES string of the molecule is CC(CC(=O)O)CC(=O)NC1CCCC(C)(C)C1. The third-order valence-corrected chi connectivity index (χ3v) is 3.63. The molecule has 0 radical (unpaired) electrons. The number of aliphatic carboxylic acids is 1. The molecule has 0 bridgehead atoms. The molecule has 18 heavy (non-hydrogen) atoms. The molecule has 0 spiro atoms. The highest BCUT2D eigenvalue weighted by atomic mass is 16.4. The van der Waals surface area contributed by atoms with Crippen LogP contribution < -0.4 is 5.32 Å². The molecule has 4 nitrogen and oxygen atoms in total. The summed E-state index contributed by atoms with van der Waals surface area (Å²) in [5.41, 5.74) is 0.308. The average molecular weight is 255 g/mol. The van der Waals surface area contributed by atoms with E-state index in [1.165, 1.54) is 6.42 Å². The molecule has 104 valence electrons. The van der Waals surface area contributed by atoms with Crippen LogP contribution >= 0.6 is 0 Å². The maximum atomic E-state index is 11.8. The Kier molecular flexibility index (Phi) is 5.17. The minimum absolute atomic E-state index is 0.00792. The summed E-state index contributed by atoms with van der Waals surface area (Å²) < 4.78 is 0. The molecule has 2 unspecified atom stereocenters. The average Bonchev–Trinajstić information content (AvgIpc) is 2.13. The van der Waals surface area contributed by atoms with E-state index in [-0.39, 0.29) is 24.3 Å². The fourth-order valence-electron chi connectivity index (χ4n) is 2.79. The summed E-state index contributed by atoms with van der Waals surface area (Å²) in [6, 6.07) is 0.262. The van der Waals surface area contributed by atoms with Crippen LogP contribution in [0.1, 0.15) is 59.3 Å². The van der Waals surface area contributed by atoms with E-state index in [9.17, 15) is 9.59 Å². The van der Waals surface area contributed by atoms with Crippen LogP contribution in [-0.4, -0.2) is 23.0 Å². The first kappa shape index (κ1) is 15.0. The molecule has 0 heterocycles. The molecule has 2 N–H and O–H groups in total. The van der Waals surface area contributed by atoms with Crippen molar-refractivity contribution in [1.82, 2.24) is 5.32 Å². The first-order chi connectivity index (χ1) is 8.28. The molecule has 1 rings (SSSR count). The number of carboxylic acids is 1. The van der Waals surface area contributed by atoms with Crippen molar-refractivity contribution in [3.8, 4) is 0 Å². The van der Waals surface area contributed by atoms with Gasteiger partial charge >= 0.3 is 5.97 Å². The zero-order valence-corrected chi connectivity index (χ0v) is 11.7. The Balaban J connectivity index is 2.33. The van der Waals surface area contributed by atoms with Gasteiger partial charge in [-0.05, 0) is 30.6 Å². The van der Waals surface area contributed by atoms with Crippen LogP contribution in [0.5, 0.6) is 0 Å². The van der Waals surface area contributed by atoms with Gasteiger partial charge in [0.25, 0.3) is 0 Å². The summed E-state index contributed by atoms with van der Waals surface area (Å²) in [4.78, 5) is 22.3. The van der Waals surface area contributed by atoms with Gasteiger partial charge in [-0.3, -0.25) is 9.59 Å². The largest absolute Gasteiger partial charge is 0.481 e. The lowest BCUT2D eigenvalue weighted by Crippen LogP contribution is -2.41. The van der Waals surface area contributed by atoms with Crippen LogP contribution in [0.25, 0.3) is 0 Å². The highest BCUT2D eigenvalue weighted by Crippen LogP contribution is 2.35. The Morgan fingerprint density at radius 3 is 2.61 bits per heavy atom. The molecular formula is C14H25NO3. The highest BCUT2D eigenvalue weighted by Gasteiger charge is 2.28. The molecule has 1 aliphatic carbocycles. The molecule has 0 aromatic carbocycles. The van der Waals surface area contributed by atoms with Crippen molar-refractivity contribution in [3.05, 3.63) is 0 Å². The first-order valence-corrected chi connectivity index (χ1v) is 6.80. The second kappa shape index (κ2) is 6.21. The minimum Gasteiger partial charge on any atom is -0.481 e. The van der Waals surface area contributed by atoms with Gasteiger partial charge in [0.15, 0.2) is 0 Å². The molecule has 4 heteroatoms. The molecule has 0 saturated heterocycles. The quantitative estimate of drug-likeness (QED) is 0.793. The van der Waals surface area contributed by atoms with E-state index < -0.39 is 5.97 Å². The van der Waals surface area contributed by atoms with Crippen molar-refractivity contribution >= 4 is 11.9 Å². The van der Waals surface area contributed by atoms with Crippen molar-refractivity contribution in [2.24, 2.45) is 11.3 Å². The highest BCUT2D eigenvalue weighted by molar-refractivity contribution is 5.77. The van der Waals surface area contributed by atoms with E-state index in [0.29, 0.717) is 11.8 Å². The smallest absolute Gasteiger partial charge is 0.303 e. The molecule has 2 atom stereocenters. The number of rotatable bonds is 5. The molecule has 0 aromatic rings. The van der Waals surface area contributed by atoms with Crippen LogP contribution in [-0.2, 0) is 9.59 Å². The van der Waals surface area contributed by atoms with Crippen molar-refractivity contribution < 1.29 is 14.7 Å². The van der Waals surface area contributed by atoms with E-state index in [2.05, 4.69) is 19.2 Å². The van der Waals surface area contributed by atoms with Gasteiger partial charge in [0.1, 0.15) is 0 Å². The van der Waals surface area contributed by atoms with Crippen LogP contribution in [0.3, 0.4) is 0 Å². The Morgan fingerprint density at radius 1 is 1.39 bits per heavy atom. The lowest BCUT2D eigenvalue weighted by atomic mass is 9.75.